The van der Waals surface area contributed by atoms with Crippen molar-refractivity contribution in [3.05, 3.63) is 30.5 Å². The molecule has 0 aliphatic rings. The second-order valence-corrected chi connectivity index (χ2v) is 2.37. The van der Waals surface area contributed by atoms with Crippen molar-refractivity contribution in [3.63, 3.8) is 0 Å². The molecule has 2 N–H and O–H groups in total. The Labute approximate surface area is 62.4 Å². The van der Waals surface area contributed by atoms with Crippen molar-refractivity contribution in [2.45, 2.75) is 0 Å². The lowest BCUT2D eigenvalue weighted by molar-refractivity contribution is 0.572. The van der Waals surface area contributed by atoms with Gasteiger partial charge < -0.3 is 10.2 Å². The molecule has 0 spiro atoms. The number of furan rings is 1. The summed E-state index contributed by atoms with van der Waals surface area (Å²) in [4.78, 5) is 0. The van der Waals surface area contributed by atoms with E-state index < -0.39 is 0 Å². The van der Waals surface area contributed by atoms with Crippen LogP contribution in [0.4, 0.5) is 10.1 Å². The summed E-state index contributed by atoms with van der Waals surface area (Å²) < 4.78 is 17.5. The number of nitrogens with two attached hydrogens (primary N) is 1. The first-order valence-corrected chi connectivity index (χ1v) is 3.18. The maximum Gasteiger partial charge on any atom is 0.126 e. The summed E-state index contributed by atoms with van der Waals surface area (Å²) in [5, 5.41) is 1.45. The summed E-state index contributed by atoms with van der Waals surface area (Å²) in [6.45, 7) is 0. The van der Waals surface area contributed by atoms with Gasteiger partial charge in [0.25, 0.3) is 0 Å². The molecule has 11 heavy (non-hydrogen) atoms. The second kappa shape index (κ2) is 1.99. The Morgan fingerprint density at radius 2 is 2.09 bits per heavy atom. The van der Waals surface area contributed by atoms with Gasteiger partial charge in [0.05, 0.1) is 6.26 Å². The van der Waals surface area contributed by atoms with Gasteiger partial charge in [0.2, 0.25) is 0 Å². The standard InChI is InChI=1S/C8H6FNO/c9-6-1-5-3-11-4-7(5)8(10)2-6/h1-4H,10H2. The average molecular weight is 151 g/mol. The number of anilines is 1. The molecule has 3 heteroatoms. The van der Waals surface area contributed by atoms with E-state index in [1.807, 2.05) is 0 Å². The van der Waals surface area contributed by atoms with Crippen LogP contribution in [0.3, 0.4) is 0 Å². The van der Waals surface area contributed by atoms with Gasteiger partial charge in [-0.05, 0) is 12.1 Å². The normalized spacial score (nSPS) is 10.6. The van der Waals surface area contributed by atoms with Gasteiger partial charge in [0.15, 0.2) is 0 Å². The van der Waals surface area contributed by atoms with E-state index in [0.717, 1.165) is 5.39 Å². The first-order chi connectivity index (χ1) is 5.27. The fourth-order valence-electron chi connectivity index (χ4n) is 1.07. The second-order valence-electron chi connectivity index (χ2n) is 2.37. The van der Waals surface area contributed by atoms with E-state index >= 15 is 0 Å². The van der Waals surface area contributed by atoms with Gasteiger partial charge >= 0.3 is 0 Å². The molecular formula is C8H6FNO. The Bertz CT molecular complexity index is 394. The number of benzene rings is 1. The van der Waals surface area contributed by atoms with Crippen LogP contribution in [0.2, 0.25) is 0 Å². The average Bonchev–Trinajstić information content (AvgIpc) is 2.34. The summed E-state index contributed by atoms with van der Waals surface area (Å²) in [5.41, 5.74) is 5.91. The van der Waals surface area contributed by atoms with Crippen molar-refractivity contribution in [1.29, 1.82) is 0 Å². The van der Waals surface area contributed by atoms with Crippen LogP contribution in [0, 0.1) is 5.82 Å². The van der Waals surface area contributed by atoms with Crippen LogP contribution in [0.1, 0.15) is 0 Å². The smallest absolute Gasteiger partial charge is 0.126 e. The molecular weight excluding hydrogens is 145 g/mol. The van der Waals surface area contributed by atoms with Crippen LogP contribution in [0.15, 0.2) is 29.1 Å². The fraction of sp³-hybridized carbons (Fsp3) is 0. The van der Waals surface area contributed by atoms with Gasteiger partial charge in [0, 0.05) is 16.5 Å². The van der Waals surface area contributed by atoms with Crippen molar-refractivity contribution in [2.24, 2.45) is 0 Å². The van der Waals surface area contributed by atoms with Gasteiger partial charge in [-0.25, -0.2) is 4.39 Å². The van der Waals surface area contributed by atoms with Crippen LogP contribution in [0.25, 0.3) is 10.8 Å². The Hall–Kier alpha value is -1.51. The van der Waals surface area contributed by atoms with Crippen LogP contribution in [-0.2, 0) is 0 Å². The zero-order valence-corrected chi connectivity index (χ0v) is 5.67. The van der Waals surface area contributed by atoms with Gasteiger partial charge in [-0.3, -0.25) is 0 Å². The predicted molar refractivity (Wildman–Crippen MR) is 40.6 cm³/mol. The minimum absolute atomic E-state index is 0.337. The molecule has 0 saturated heterocycles. The van der Waals surface area contributed by atoms with E-state index in [1.54, 1.807) is 0 Å². The maximum atomic E-state index is 12.7. The summed E-state index contributed by atoms with van der Waals surface area (Å²) in [7, 11) is 0. The Morgan fingerprint density at radius 1 is 1.27 bits per heavy atom. The number of hydrogen-bond acceptors (Lipinski definition) is 2. The molecule has 1 aromatic heterocycles. The topological polar surface area (TPSA) is 39.2 Å². The summed E-state index contributed by atoms with van der Waals surface area (Å²) in [6, 6.07) is 2.66. The molecule has 0 atom stereocenters. The molecule has 0 unspecified atom stereocenters. The van der Waals surface area contributed by atoms with E-state index in [1.165, 1.54) is 24.7 Å². The first-order valence-electron chi connectivity index (χ1n) is 3.18. The molecule has 0 aliphatic heterocycles. The minimum Gasteiger partial charge on any atom is -0.471 e. The Morgan fingerprint density at radius 3 is 2.91 bits per heavy atom. The molecule has 0 aliphatic carbocycles. The molecule has 0 fully saturated rings. The summed E-state index contributed by atoms with van der Waals surface area (Å²) >= 11 is 0. The summed E-state index contributed by atoms with van der Waals surface area (Å²) in [5.74, 6) is -0.337. The first kappa shape index (κ1) is 6.22. The van der Waals surface area contributed by atoms with E-state index in [9.17, 15) is 4.39 Å². The molecule has 0 radical (unpaired) electrons. The molecule has 56 valence electrons. The zero-order chi connectivity index (χ0) is 7.84. The van der Waals surface area contributed by atoms with Gasteiger partial charge in [-0.1, -0.05) is 0 Å². The molecule has 1 heterocycles. The number of hydrogen-bond donors (Lipinski definition) is 1. The highest BCUT2D eigenvalue weighted by Crippen LogP contribution is 2.22. The molecule has 2 rings (SSSR count). The lowest BCUT2D eigenvalue weighted by atomic mass is 10.2. The molecule has 0 saturated carbocycles. The molecule has 1 aromatic carbocycles. The van der Waals surface area contributed by atoms with Crippen LogP contribution < -0.4 is 5.73 Å². The van der Waals surface area contributed by atoms with E-state index in [-0.39, 0.29) is 5.82 Å². The van der Waals surface area contributed by atoms with Gasteiger partial charge in [-0.2, -0.15) is 0 Å². The highest BCUT2D eigenvalue weighted by molar-refractivity contribution is 5.91. The monoisotopic (exact) mass is 151 g/mol. The maximum absolute atomic E-state index is 12.7. The van der Waals surface area contributed by atoms with Crippen LogP contribution >= 0.6 is 0 Å². The number of nitrogen functional groups attached to an aromatic ring is 1. The highest BCUT2D eigenvalue weighted by atomic mass is 19.1. The third kappa shape index (κ3) is 0.852. The number of rotatable bonds is 0. The zero-order valence-electron chi connectivity index (χ0n) is 5.67. The SMILES string of the molecule is Nc1cc(F)cc2cocc12. The lowest BCUT2D eigenvalue weighted by Gasteiger charge is -1.93. The van der Waals surface area contributed by atoms with E-state index in [2.05, 4.69) is 0 Å². The molecule has 0 amide bonds. The fourth-order valence-corrected chi connectivity index (χ4v) is 1.07. The molecule has 2 aromatic rings. The minimum atomic E-state index is -0.337. The third-order valence-corrected chi connectivity index (χ3v) is 1.59. The van der Waals surface area contributed by atoms with Crippen molar-refractivity contribution in [1.82, 2.24) is 0 Å². The van der Waals surface area contributed by atoms with E-state index in [4.69, 9.17) is 10.2 Å². The van der Waals surface area contributed by atoms with Crippen molar-refractivity contribution >= 4 is 16.5 Å². The van der Waals surface area contributed by atoms with Gasteiger partial charge in [-0.15, -0.1) is 0 Å². The number of halogens is 1. The van der Waals surface area contributed by atoms with Crippen molar-refractivity contribution < 1.29 is 8.81 Å². The summed E-state index contributed by atoms with van der Waals surface area (Å²) in [6.07, 6.45) is 2.97. The number of fused-ring (bicyclic) bond motifs is 1. The van der Waals surface area contributed by atoms with Gasteiger partial charge in [0.1, 0.15) is 12.1 Å². The predicted octanol–water partition coefficient (Wildman–Crippen LogP) is 2.15. The largest absolute Gasteiger partial charge is 0.471 e. The Kier molecular flexibility index (Phi) is 1.12. The van der Waals surface area contributed by atoms with Crippen LogP contribution in [-0.4, -0.2) is 0 Å². The molecule has 0 bridgehead atoms. The van der Waals surface area contributed by atoms with Crippen LogP contribution in [0.5, 0.6) is 0 Å². The van der Waals surface area contributed by atoms with Crippen molar-refractivity contribution in [2.75, 3.05) is 5.73 Å². The van der Waals surface area contributed by atoms with E-state index in [0.29, 0.717) is 11.1 Å². The quantitative estimate of drug-likeness (QED) is 0.586. The highest BCUT2D eigenvalue weighted by Gasteiger charge is 2.01. The third-order valence-electron chi connectivity index (χ3n) is 1.59. The van der Waals surface area contributed by atoms with Crippen molar-refractivity contribution in [3.8, 4) is 0 Å². The Balaban J connectivity index is 2.91. The lowest BCUT2D eigenvalue weighted by Crippen LogP contribution is -1.85. The molecule has 2 nitrogen and oxygen atoms in total.